The fraction of sp³-hybridized carbons (Fsp3) is 0.312. The van der Waals surface area contributed by atoms with E-state index in [-0.39, 0.29) is 57.3 Å². The standard InChI is InChI=1S/2C10H10O3.C10H8O2.C8H8O2.C2H3ClO.4C2H6/c1-7(11)9-5-3-4-6-10(9)13-8(2)12;1-7(11)6-10(13)8-4-2-3-5-9(8)12;1-7-6-9(11)8-4-2-3-5-10(8)12-7;1-6(9)7-4-2-3-5-8(7)10;1-2(3)4;4*1-2/h3-6H,1-2H3;2-5,12H,6H2,1H3;2-6H,1H3;2-5,10H,1H3;1H3;4*1-2H3. The normalized spacial score (nSPS) is 8.58. The van der Waals surface area contributed by atoms with Gasteiger partial charge in [-0.2, -0.15) is 0 Å². The van der Waals surface area contributed by atoms with E-state index in [9.17, 15) is 38.7 Å². The molecule has 2 N–H and O–H groups in total. The number of halogens is 1. The van der Waals surface area contributed by atoms with Crippen molar-refractivity contribution >= 4 is 56.9 Å². The first-order chi connectivity index (χ1) is 28.4. The molecule has 0 unspecified atom stereocenters. The van der Waals surface area contributed by atoms with Crippen molar-refractivity contribution in [3.05, 3.63) is 136 Å². The zero-order chi connectivity index (χ0) is 47.4. The van der Waals surface area contributed by atoms with E-state index >= 15 is 0 Å². The van der Waals surface area contributed by atoms with E-state index in [0.29, 0.717) is 33.6 Å². The molecule has 5 aromatic rings. The molecule has 1 aromatic heterocycles. The van der Waals surface area contributed by atoms with Gasteiger partial charge in [0, 0.05) is 19.9 Å². The molecule has 0 fully saturated rings. The third-order valence-electron chi connectivity index (χ3n) is 6.18. The Morgan fingerprint density at radius 3 is 1.37 bits per heavy atom. The van der Waals surface area contributed by atoms with Crippen LogP contribution in [-0.2, 0) is 14.4 Å². The molecule has 0 atom stereocenters. The van der Waals surface area contributed by atoms with Crippen molar-refractivity contribution in [1.82, 2.24) is 0 Å². The molecule has 11 nitrogen and oxygen atoms in total. The maximum absolute atomic E-state index is 11.3. The third-order valence-corrected chi connectivity index (χ3v) is 6.18. The van der Waals surface area contributed by atoms with Crippen molar-refractivity contribution in [2.45, 2.75) is 103 Å². The topological polar surface area (TPSA) is 182 Å². The Hall–Kier alpha value is -6.20. The van der Waals surface area contributed by atoms with Crippen LogP contribution in [0.4, 0.5) is 0 Å². The number of ketones is 4. The molecule has 0 bridgehead atoms. The van der Waals surface area contributed by atoms with E-state index in [1.54, 1.807) is 73.7 Å². The Bertz CT molecular complexity index is 2080. The summed E-state index contributed by atoms with van der Waals surface area (Å²) in [6.07, 6.45) is -0.155. The third kappa shape index (κ3) is 27.4. The highest BCUT2D eigenvalue weighted by atomic mass is 35.5. The lowest BCUT2D eigenvalue weighted by Gasteiger charge is -2.04. The van der Waals surface area contributed by atoms with Crippen LogP contribution < -0.4 is 10.2 Å². The Morgan fingerprint density at radius 1 is 0.583 bits per heavy atom. The highest BCUT2D eigenvalue weighted by Crippen LogP contribution is 2.19. The molecule has 0 amide bonds. The molecule has 328 valence electrons. The summed E-state index contributed by atoms with van der Waals surface area (Å²) >= 11 is 4.64. The van der Waals surface area contributed by atoms with Gasteiger partial charge >= 0.3 is 5.97 Å². The zero-order valence-electron chi connectivity index (χ0n) is 37.5. The van der Waals surface area contributed by atoms with Gasteiger partial charge in [0.15, 0.2) is 22.8 Å². The van der Waals surface area contributed by atoms with Gasteiger partial charge in [0.05, 0.1) is 28.5 Å². The van der Waals surface area contributed by atoms with Gasteiger partial charge in [-0.1, -0.05) is 104 Å². The molecule has 0 spiro atoms. The summed E-state index contributed by atoms with van der Waals surface area (Å²) in [6, 6.07) is 28.1. The van der Waals surface area contributed by atoms with E-state index in [1.165, 1.54) is 58.9 Å². The number of Topliss-reactive ketones (excluding diaryl/α,β-unsaturated/α-hetero) is 4. The Labute approximate surface area is 360 Å². The van der Waals surface area contributed by atoms with Gasteiger partial charge in [0.25, 0.3) is 0 Å². The van der Waals surface area contributed by atoms with E-state index in [1.807, 2.05) is 67.5 Å². The van der Waals surface area contributed by atoms with Gasteiger partial charge in [-0.05, 0) is 87.8 Å². The van der Waals surface area contributed by atoms with Crippen molar-refractivity contribution in [2.24, 2.45) is 0 Å². The van der Waals surface area contributed by atoms with Gasteiger partial charge in [0.2, 0.25) is 5.24 Å². The van der Waals surface area contributed by atoms with Gasteiger partial charge < -0.3 is 19.4 Å². The minimum atomic E-state index is -0.422. The van der Waals surface area contributed by atoms with Crippen molar-refractivity contribution in [3.63, 3.8) is 0 Å². The largest absolute Gasteiger partial charge is 0.507 e. The number of para-hydroxylation sites is 4. The number of phenols is 2. The van der Waals surface area contributed by atoms with Crippen LogP contribution in [0.1, 0.15) is 133 Å². The molecule has 0 saturated carbocycles. The number of benzene rings is 4. The zero-order valence-corrected chi connectivity index (χ0v) is 38.2. The molecule has 4 aromatic carbocycles. The van der Waals surface area contributed by atoms with Gasteiger partial charge in [-0.25, -0.2) is 0 Å². The summed E-state index contributed by atoms with van der Waals surface area (Å²) in [6.45, 7) is 24.6. The van der Waals surface area contributed by atoms with Crippen LogP contribution in [0.25, 0.3) is 11.0 Å². The SMILES string of the molecule is CC.CC.CC.CC.CC(=O)CC(=O)c1ccccc1O.CC(=O)Cl.CC(=O)Oc1ccccc1C(C)=O.CC(=O)c1ccccc1O.Cc1cc(=O)c2ccccc2o1. The minimum absolute atomic E-state index is 0.0225. The van der Waals surface area contributed by atoms with Crippen LogP contribution in [0.2, 0.25) is 0 Å². The van der Waals surface area contributed by atoms with Gasteiger partial charge in [-0.15, -0.1) is 0 Å². The summed E-state index contributed by atoms with van der Waals surface area (Å²) in [4.78, 5) is 74.9. The number of aromatic hydroxyl groups is 2. The second kappa shape index (κ2) is 37.1. The Balaban J connectivity index is -0.000000321. The number of phenolic OH excluding ortho intramolecular Hbond substituents is 2. The van der Waals surface area contributed by atoms with Crippen molar-refractivity contribution in [1.29, 1.82) is 0 Å². The van der Waals surface area contributed by atoms with Crippen molar-refractivity contribution in [2.75, 3.05) is 0 Å². The molecule has 0 saturated heterocycles. The first kappa shape index (κ1) is 60.5. The summed E-state index contributed by atoms with van der Waals surface area (Å²) in [7, 11) is 0. The maximum atomic E-state index is 11.3. The van der Waals surface area contributed by atoms with E-state index in [0.717, 1.165) is 0 Å². The quantitative estimate of drug-likeness (QED) is 0.0545. The van der Waals surface area contributed by atoms with E-state index < -0.39 is 5.97 Å². The summed E-state index contributed by atoms with van der Waals surface area (Å²) in [5, 5.41) is 18.6. The lowest BCUT2D eigenvalue weighted by Crippen LogP contribution is -2.05. The predicted molar refractivity (Wildman–Crippen MR) is 243 cm³/mol. The van der Waals surface area contributed by atoms with Crippen molar-refractivity contribution in [3.8, 4) is 17.2 Å². The van der Waals surface area contributed by atoms with Crippen LogP contribution >= 0.6 is 11.6 Å². The molecular weight excluding hydrogens is 788 g/mol. The van der Waals surface area contributed by atoms with Gasteiger partial charge in [0.1, 0.15) is 34.4 Å². The summed E-state index contributed by atoms with van der Waals surface area (Å²) in [5.41, 5.74) is 1.69. The molecule has 0 aliphatic carbocycles. The molecular formula is C48H63ClO11. The van der Waals surface area contributed by atoms with E-state index in [4.69, 9.17) is 14.3 Å². The fourth-order valence-corrected chi connectivity index (χ4v) is 4.03. The maximum Gasteiger partial charge on any atom is 0.308 e. The highest BCUT2D eigenvalue weighted by Gasteiger charge is 2.12. The number of aryl methyl sites for hydroxylation is 1. The second-order valence-electron chi connectivity index (χ2n) is 10.7. The average Bonchev–Trinajstić information content (AvgIpc) is 3.21. The number of carbonyl (C=O) groups is 6. The number of hydrogen-bond acceptors (Lipinski definition) is 11. The number of rotatable bonds is 6. The minimum Gasteiger partial charge on any atom is -0.507 e. The first-order valence-corrected chi connectivity index (χ1v) is 19.9. The average molecular weight is 851 g/mol. The summed E-state index contributed by atoms with van der Waals surface area (Å²) < 4.78 is 10.2. The summed E-state index contributed by atoms with van der Waals surface area (Å²) in [5.74, 6) is -0.243. The van der Waals surface area contributed by atoms with E-state index in [2.05, 4.69) is 11.6 Å². The Morgan fingerprint density at radius 2 is 0.967 bits per heavy atom. The van der Waals surface area contributed by atoms with Crippen LogP contribution in [0.3, 0.4) is 0 Å². The Kier molecular flexibility index (Phi) is 37.4. The number of fused-ring (bicyclic) bond motifs is 1. The first-order valence-electron chi connectivity index (χ1n) is 19.5. The molecule has 0 radical (unpaired) electrons. The van der Waals surface area contributed by atoms with Crippen LogP contribution in [0.5, 0.6) is 17.2 Å². The number of ether oxygens (including phenoxy) is 1. The van der Waals surface area contributed by atoms with Gasteiger partial charge in [-0.3, -0.25) is 33.6 Å². The molecule has 0 aliphatic heterocycles. The number of esters is 1. The lowest BCUT2D eigenvalue weighted by molar-refractivity contribution is -0.132. The lowest BCUT2D eigenvalue weighted by atomic mass is 10.1. The molecule has 60 heavy (non-hydrogen) atoms. The monoisotopic (exact) mass is 850 g/mol. The van der Waals surface area contributed by atoms with Crippen LogP contribution in [0.15, 0.2) is 112 Å². The smallest absolute Gasteiger partial charge is 0.308 e. The molecule has 5 rings (SSSR count). The molecule has 12 heteroatoms. The predicted octanol–water partition coefficient (Wildman–Crippen LogP) is 11.9. The van der Waals surface area contributed by atoms with Crippen molar-refractivity contribution < 1.29 is 48.1 Å². The highest BCUT2D eigenvalue weighted by molar-refractivity contribution is 6.62. The molecule has 1 heterocycles. The fourth-order valence-electron chi connectivity index (χ4n) is 4.03. The molecule has 0 aliphatic rings. The number of carbonyl (C=O) groups excluding carboxylic acids is 6. The number of hydrogen-bond donors (Lipinski definition) is 2. The second-order valence-corrected chi connectivity index (χ2v) is 11.3. The van der Waals surface area contributed by atoms with Crippen LogP contribution in [0, 0.1) is 6.92 Å². The van der Waals surface area contributed by atoms with Crippen LogP contribution in [-0.4, -0.2) is 44.6 Å².